The molecule has 14 nitrogen and oxygen atoms in total. The zero-order valence-electron chi connectivity index (χ0n) is 33.3. The molecule has 8 atom stereocenters. The summed E-state index contributed by atoms with van der Waals surface area (Å²) in [5.41, 5.74) is 1.66. The summed E-state index contributed by atoms with van der Waals surface area (Å²) in [5, 5.41) is 8.41. The number of fused-ring (bicyclic) bond motifs is 3. The van der Waals surface area contributed by atoms with Crippen LogP contribution in [0.1, 0.15) is 76.0 Å². The molecule has 4 heterocycles. The lowest BCUT2D eigenvalue weighted by molar-refractivity contribution is -0.163. The van der Waals surface area contributed by atoms with E-state index >= 15 is 0 Å². The van der Waals surface area contributed by atoms with Gasteiger partial charge in [0.25, 0.3) is 0 Å². The van der Waals surface area contributed by atoms with Crippen LogP contribution in [-0.2, 0) is 51.1 Å². The first kappa shape index (κ1) is 42.6. The monoisotopic (exact) mass is 822 g/mol. The number of esters is 1. The smallest absolute Gasteiger partial charge is 0.329 e. The third kappa shape index (κ3) is 9.62. The van der Waals surface area contributed by atoms with Crippen molar-refractivity contribution >= 4 is 53.0 Å². The Balaban J connectivity index is 1.33. The highest BCUT2D eigenvalue weighted by Gasteiger charge is 2.47. The Labute approximate surface area is 342 Å². The number of nitrogens with one attached hydrogen (secondary N) is 3. The fourth-order valence-electron chi connectivity index (χ4n) is 8.59. The maximum atomic E-state index is 14.7. The molecule has 4 saturated heterocycles. The molecule has 0 aromatic heterocycles. The Kier molecular flexibility index (Phi) is 13.4. The van der Waals surface area contributed by atoms with Gasteiger partial charge in [-0.2, -0.15) is 0 Å². The lowest BCUT2D eigenvalue weighted by atomic mass is 9.99. The van der Waals surface area contributed by atoms with Crippen molar-refractivity contribution < 1.29 is 42.7 Å². The molecule has 3 N–H and O–H groups in total. The van der Waals surface area contributed by atoms with E-state index in [0.717, 1.165) is 11.6 Å². The Bertz CT molecular complexity index is 1950. The number of piperidine rings is 1. The molecule has 312 valence electrons. The number of ether oxygens (including phenoxy) is 1. The number of cyclic esters (lactones) is 1. The molecule has 0 bridgehead atoms. The van der Waals surface area contributed by atoms with Gasteiger partial charge in [0.05, 0.1) is 6.42 Å². The number of carbonyl (C=O) groups excluding carboxylic acids is 7. The van der Waals surface area contributed by atoms with Crippen LogP contribution in [0.25, 0.3) is 0 Å². The summed E-state index contributed by atoms with van der Waals surface area (Å²) in [6, 6.07) is 4.61. The van der Waals surface area contributed by atoms with Crippen molar-refractivity contribution in [2.24, 2.45) is 5.92 Å². The number of nitrogens with zero attached hydrogens (tertiary/aromatic N) is 3. The molecular formula is C42H52ClFN6O8. The van der Waals surface area contributed by atoms with E-state index in [0.29, 0.717) is 37.7 Å². The van der Waals surface area contributed by atoms with E-state index < -0.39 is 96.0 Å². The fourth-order valence-corrected chi connectivity index (χ4v) is 8.75. The molecule has 0 spiro atoms. The van der Waals surface area contributed by atoms with Crippen molar-refractivity contribution in [3.05, 3.63) is 70.0 Å². The fraction of sp³-hybridized carbons (Fsp3) is 0.548. The van der Waals surface area contributed by atoms with Crippen LogP contribution < -0.4 is 16.0 Å². The quantitative estimate of drug-likeness (QED) is 0.358. The van der Waals surface area contributed by atoms with E-state index in [9.17, 15) is 38.0 Å². The molecule has 4 aliphatic rings. The molecule has 6 amide bonds. The molecule has 4 aliphatic heterocycles. The number of hydrogen-bond acceptors (Lipinski definition) is 8. The highest BCUT2D eigenvalue weighted by atomic mass is 35.5. The first-order chi connectivity index (χ1) is 27.6. The summed E-state index contributed by atoms with van der Waals surface area (Å²) in [7, 11) is 0. The van der Waals surface area contributed by atoms with E-state index in [1.54, 1.807) is 19.1 Å². The minimum absolute atomic E-state index is 0.00408. The van der Waals surface area contributed by atoms with Gasteiger partial charge in [0.15, 0.2) is 0 Å². The average molecular weight is 823 g/mol. The molecule has 58 heavy (non-hydrogen) atoms. The van der Waals surface area contributed by atoms with E-state index in [-0.39, 0.29) is 49.0 Å². The summed E-state index contributed by atoms with van der Waals surface area (Å²) in [6.07, 6.45) is 1.08. The highest BCUT2D eigenvalue weighted by Crippen LogP contribution is 2.29. The third-order valence-corrected chi connectivity index (χ3v) is 11.8. The number of hydrogen-bond donors (Lipinski definition) is 3. The van der Waals surface area contributed by atoms with Gasteiger partial charge >= 0.3 is 5.97 Å². The first-order valence-corrected chi connectivity index (χ1v) is 20.5. The minimum atomic E-state index is -1.52. The summed E-state index contributed by atoms with van der Waals surface area (Å²) in [5.74, 6) is -5.07. The standard InChI is InChI=1S/C42H52ClFN6O8/c1-23-9-7-10-27(17-23)19-31(46-35(51)20-28-13-14-29(43)21-30(28)44)37(52)47-36-26(4)58-42(57)34-18-24(2)22-50(34)39(54)25(3)45-38(53)32-11-5-6-15-48(32)40(55)33-12-8-16-49(33)41(36)56/h7,9-10,13-14,17,21,24-26,31-34,36H,5-6,8,11-12,15-16,18-20,22H2,1-4H3,(H,45,53)(H,46,51)(H,47,52)/t24-,25-,26-,31-,32-,33-,34-,36-/m0/s1. The second kappa shape index (κ2) is 18.3. The molecule has 0 unspecified atom stereocenters. The summed E-state index contributed by atoms with van der Waals surface area (Å²) < 4.78 is 20.6. The van der Waals surface area contributed by atoms with Crippen LogP contribution in [0.5, 0.6) is 0 Å². The van der Waals surface area contributed by atoms with Gasteiger partial charge in [-0.05, 0) is 88.5 Å². The van der Waals surface area contributed by atoms with Gasteiger partial charge in [-0.15, -0.1) is 0 Å². The average Bonchev–Trinajstić information content (AvgIpc) is 3.84. The maximum absolute atomic E-state index is 14.7. The van der Waals surface area contributed by atoms with Gasteiger partial charge < -0.3 is 35.4 Å². The normalized spacial score (nSPS) is 27.6. The van der Waals surface area contributed by atoms with Crippen molar-refractivity contribution in [2.75, 3.05) is 19.6 Å². The summed E-state index contributed by atoms with van der Waals surface area (Å²) in [4.78, 5) is 103. The van der Waals surface area contributed by atoms with Crippen LogP contribution in [0.3, 0.4) is 0 Å². The molecule has 0 aliphatic carbocycles. The number of aryl methyl sites for hydroxylation is 1. The first-order valence-electron chi connectivity index (χ1n) is 20.1. The van der Waals surface area contributed by atoms with E-state index in [4.69, 9.17) is 16.3 Å². The zero-order valence-corrected chi connectivity index (χ0v) is 34.1. The number of rotatable bonds is 7. The Morgan fingerprint density at radius 2 is 1.62 bits per heavy atom. The van der Waals surface area contributed by atoms with E-state index in [1.165, 1.54) is 33.8 Å². The van der Waals surface area contributed by atoms with E-state index in [1.807, 2.05) is 26.0 Å². The van der Waals surface area contributed by atoms with Crippen LogP contribution in [0.2, 0.25) is 5.02 Å². The number of halogens is 2. The lowest BCUT2D eigenvalue weighted by Gasteiger charge is -2.39. The van der Waals surface area contributed by atoms with Gasteiger partial charge in [-0.25, -0.2) is 9.18 Å². The van der Waals surface area contributed by atoms with Gasteiger partial charge in [-0.3, -0.25) is 28.8 Å². The minimum Gasteiger partial charge on any atom is -0.458 e. The molecular weight excluding hydrogens is 771 g/mol. The maximum Gasteiger partial charge on any atom is 0.329 e. The molecule has 0 saturated carbocycles. The van der Waals surface area contributed by atoms with Crippen LogP contribution in [-0.4, -0.2) is 118 Å². The van der Waals surface area contributed by atoms with Gasteiger partial charge in [0, 0.05) is 31.1 Å². The Morgan fingerprint density at radius 3 is 2.36 bits per heavy atom. The van der Waals surface area contributed by atoms with Crippen molar-refractivity contribution in [1.29, 1.82) is 0 Å². The Hall–Kier alpha value is -5.05. The van der Waals surface area contributed by atoms with E-state index in [2.05, 4.69) is 16.0 Å². The molecule has 4 fully saturated rings. The van der Waals surface area contributed by atoms with Crippen molar-refractivity contribution in [1.82, 2.24) is 30.7 Å². The predicted molar refractivity (Wildman–Crippen MR) is 210 cm³/mol. The molecule has 16 heteroatoms. The topological polar surface area (TPSA) is 175 Å². The number of amides is 6. The van der Waals surface area contributed by atoms with Crippen LogP contribution in [0, 0.1) is 18.7 Å². The van der Waals surface area contributed by atoms with Crippen LogP contribution in [0.4, 0.5) is 4.39 Å². The van der Waals surface area contributed by atoms with Crippen molar-refractivity contribution in [3.8, 4) is 0 Å². The molecule has 2 aromatic carbocycles. The molecule has 0 radical (unpaired) electrons. The van der Waals surface area contributed by atoms with Gasteiger partial charge in [0.1, 0.15) is 48.2 Å². The second-order valence-corrected chi connectivity index (χ2v) is 16.6. The SMILES string of the molecule is Cc1cccc(C[C@H](NC(=O)Cc2ccc(Cl)cc2F)C(=O)N[C@@H]2C(=O)N3CCC[C@H]3C(=O)N3CCCC[C@H]3C(=O)N[C@@H](C)C(=O)N3C[C@@H](C)C[C@H]3C(=O)O[C@H]2C)c1. The van der Waals surface area contributed by atoms with Crippen molar-refractivity contribution in [2.45, 2.75) is 121 Å². The second-order valence-electron chi connectivity index (χ2n) is 16.2. The summed E-state index contributed by atoms with van der Waals surface area (Å²) in [6.45, 7) is 7.46. The predicted octanol–water partition coefficient (Wildman–Crippen LogP) is 2.60. The number of benzene rings is 2. The zero-order chi connectivity index (χ0) is 41.8. The third-order valence-electron chi connectivity index (χ3n) is 11.6. The highest BCUT2D eigenvalue weighted by molar-refractivity contribution is 6.30. The van der Waals surface area contributed by atoms with Gasteiger partial charge in [-0.1, -0.05) is 54.4 Å². The molecule has 2 aromatic rings. The van der Waals surface area contributed by atoms with Crippen molar-refractivity contribution in [3.63, 3.8) is 0 Å². The van der Waals surface area contributed by atoms with Crippen LogP contribution >= 0.6 is 11.6 Å². The Morgan fingerprint density at radius 1 is 0.897 bits per heavy atom. The summed E-state index contributed by atoms with van der Waals surface area (Å²) >= 11 is 5.91. The van der Waals surface area contributed by atoms with Crippen LogP contribution in [0.15, 0.2) is 42.5 Å². The largest absolute Gasteiger partial charge is 0.458 e. The molecule has 6 rings (SSSR count). The number of carbonyl (C=O) groups is 7. The van der Waals surface area contributed by atoms with Gasteiger partial charge in [0.2, 0.25) is 35.4 Å². The lowest BCUT2D eigenvalue weighted by Crippen LogP contribution is -2.63.